The number of phenolic OH excluding ortho intramolecular Hbond substituents is 1. The van der Waals surface area contributed by atoms with Crippen LogP contribution in [0.3, 0.4) is 0 Å². The molecule has 1 aromatic carbocycles. The summed E-state index contributed by atoms with van der Waals surface area (Å²) >= 11 is 0. The van der Waals surface area contributed by atoms with Crippen molar-refractivity contribution < 1.29 is 19.4 Å². The number of fused-ring (bicyclic) bond motifs is 5. The molecule has 3 aliphatic carbocycles. The van der Waals surface area contributed by atoms with Crippen molar-refractivity contribution in [1.82, 2.24) is 0 Å². The molecule has 6 atom stereocenters. The molecule has 0 aromatic heterocycles. The second-order valence-electron chi connectivity index (χ2n) is 9.32. The van der Waals surface area contributed by atoms with Crippen molar-refractivity contribution in [1.29, 1.82) is 0 Å². The van der Waals surface area contributed by atoms with Crippen LogP contribution in [0.15, 0.2) is 12.1 Å². The molecule has 0 saturated heterocycles. The summed E-state index contributed by atoms with van der Waals surface area (Å²) in [6.07, 6.45) is 5.12. The molecular formula is C23H30O4. The van der Waals surface area contributed by atoms with Crippen LogP contribution in [0, 0.1) is 23.2 Å². The quantitative estimate of drug-likeness (QED) is 0.609. The fourth-order valence-corrected chi connectivity index (χ4v) is 6.63. The molecule has 0 bridgehead atoms. The largest absolute Gasteiger partial charge is 0.507 e. The van der Waals surface area contributed by atoms with E-state index in [4.69, 9.17) is 4.74 Å². The molecular weight excluding hydrogens is 340 g/mol. The van der Waals surface area contributed by atoms with E-state index in [1.165, 1.54) is 25.0 Å². The van der Waals surface area contributed by atoms with Gasteiger partial charge in [-0.05, 0) is 86.0 Å². The standard InChI is InChI=1S/C23H30O4/c1-12-9-15-10-20(26)17(13(2)24)11-18(15)16-7-8-23(4)19(22(12)16)5-6-21(23)27-14(3)25/h10-12,16,19,21-22,26H,5-9H2,1-4H3/t12-,16-,19+,21+,22-,23+/m1/s1. The van der Waals surface area contributed by atoms with Gasteiger partial charge in [-0.25, -0.2) is 0 Å². The van der Waals surface area contributed by atoms with Crippen LogP contribution in [-0.4, -0.2) is 23.0 Å². The lowest BCUT2D eigenvalue weighted by atomic mass is 9.52. The maximum atomic E-state index is 11.9. The fraction of sp³-hybridized carbons (Fsp3) is 0.652. The molecule has 0 radical (unpaired) electrons. The number of carbonyl (C=O) groups is 2. The van der Waals surface area contributed by atoms with E-state index >= 15 is 0 Å². The van der Waals surface area contributed by atoms with Gasteiger partial charge in [-0.2, -0.15) is 0 Å². The molecule has 4 nitrogen and oxygen atoms in total. The van der Waals surface area contributed by atoms with E-state index in [1.54, 1.807) is 0 Å². The molecule has 2 fully saturated rings. The van der Waals surface area contributed by atoms with Crippen molar-refractivity contribution in [3.05, 3.63) is 28.8 Å². The maximum absolute atomic E-state index is 11.9. The summed E-state index contributed by atoms with van der Waals surface area (Å²) in [4.78, 5) is 23.5. The second-order valence-corrected chi connectivity index (χ2v) is 9.32. The number of Topliss-reactive ketones (excluding diaryl/α,β-unsaturated/α-hetero) is 1. The Morgan fingerprint density at radius 1 is 1.19 bits per heavy atom. The predicted molar refractivity (Wildman–Crippen MR) is 103 cm³/mol. The zero-order valence-corrected chi connectivity index (χ0v) is 16.7. The molecule has 0 heterocycles. The van der Waals surface area contributed by atoms with Gasteiger partial charge in [0.15, 0.2) is 5.78 Å². The van der Waals surface area contributed by atoms with E-state index < -0.39 is 0 Å². The van der Waals surface area contributed by atoms with Crippen molar-refractivity contribution in [2.24, 2.45) is 23.2 Å². The highest BCUT2D eigenvalue weighted by atomic mass is 16.5. The number of aromatic hydroxyl groups is 1. The number of carbonyl (C=O) groups excluding carboxylic acids is 2. The van der Waals surface area contributed by atoms with Crippen molar-refractivity contribution in [3.8, 4) is 5.75 Å². The van der Waals surface area contributed by atoms with Crippen molar-refractivity contribution >= 4 is 11.8 Å². The minimum atomic E-state index is -0.174. The monoisotopic (exact) mass is 370 g/mol. The summed E-state index contributed by atoms with van der Waals surface area (Å²) in [5.41, 5.74) is 2.96. The van der Waals surface area contributed by atoms with E-state index in [2.05, 4.69) is 13.8 Å². The van der Waals surface area contributed by atoms with Gasteiger partial charge in [0, 0.05) is 12.3 Å². The van der Waals surface area contributed by atoms with Crippen molar-refractivity contribution in [3.63, 3.8) is 0 Å². The first kappa shape index (κ1) is 18.5. The van der Waals surface area contributed by atoms with E-state index in [9.17, 15) is 14.7 Å². The second kappa shape index (κ2) is 6.35. The summed E-state index contributed by atoms with van der Waals surface area (Å²) in [7, 11) is 0. The van der Waals surface area contributed by atoms with Gasteiger partial charge >= 0.3 is 5.97 Å². The number of benzene rings is 1. The number of phenols is 1. The first-order valence-electron chi connectivity index (χ1n) is 10.3. The molecule has 0 unspecified atom stereocenters. The van der Waals surface area contributed by atoms with Crippen molar-refractivity contribution in [2.75, 3.05) is 0 Å². The Morgan fingerprint density at radius 3 is 2.59 bits per heavy atom. The SMILES string of the molecule is CC(=O)O[C@H]1CC[C@H]2[C@@H]3[C@H](C)Cc4cc(O)c(C(C)=O)cc4[C@H]3CC[C@]12C. The summed E-state index contributed by atoms with van der Waals surface area (Å²) < 4.78 is 5.72. The van der Waals surface area contributed by atoms with Crippen LogP contribution in [0.25, 0.3) is 0 Å². The van der Waals surface area contributed by atoms with E-state index in [0.29, 0.717) is 29.2 Å². The number of esters is 1. The van der Waals surface area contributed by atoms with Crippen molar-refractivity contribution in [2.45, 2.75) is 71.8 Å². The smallest absolute Gasteiger partial charge is 0.302 e. The minimum Gasteiger partial charge on any atom is -0.507 e. The lowest BCUT2D eigenvalue weighted by Gasteiger charge is -2.52. The maximum Gasteiger partial charge on any atom is 0.302 e. The summed E-state index contributed by atoms with van der Waals surface area (Å²) in [6, 6.07) is 3.78. The van der Waals surface area contributed by atoms with Gasteiger partial charge in [-0.1, -0.05) is 13.8 Å². The third-order valence-electron chi connectivity index (χ3n) is 7.79. The van der Waals surface area contributed by atoms with Crippen LogP contribution in [0.2, 0.25) is 0 Å². The van der Waals surface area contributed by atoms with Gasteiger partial charge in [0.2, 0.25) is 0 Å². The first-order valence-corrected chi connectivity index (χ1v) is 10.3. The summed E-state index contributed by atoms with van der Waals surface area (Å²) in [5.74, 6) is 1.89. The van der Waals surface area contributed by atoms with Crippen LogP contribution >= 0.6 is 0 Å². The van der Waals surface area contributed by atoms with E-state index in [0.717, 1.165) is 32.1 Å². The molecule has 146 valence electrons. The molecule has 27 heavy (non-hydrogen) atoms. The number of ketones is 1. The Hall–Kier alpha value is -1.84. The summed E-state index contributed by atoms with van der Waals surface area (Å²) in [6.45, 7) is 7.66. The normalized spacial score (nSPS) is 37.1. The molecule has 1 N–H and O–H groups in total. The molecule has 0 aliphatic heterocycles. The highest BCUT2D eigenvalue weighted by molar-refractivity contribution is 5.97. The Balaban J connectivity index is 1.72. The lowest BCUT2D eigenvalue weighted by molar-refractivity contribution is -0.155. The molecule has 4 rings (SSSR count). The number of ether oxygens (including phenoxy) is 1. The third kappa shape index (κ3) is 2.79. The molecule has 3 aliphatic rings. The third-order valence-corrected chi connectivity index (χ3v) is 7.79. The molecule has 0 amide bonds. The van der Waals surface area contributed by atoms with E-state index in [-0.39, 0.29) is 29.0 Å². The number of hydrogen-bond acceptors (Lipinski definition) is 4. The topological polar surface area (TPSA) is 63.6 Å². The minimum absolute atomic E-state index is 0.0298. The van der Waals surface area contributed by atoms with Crippen LogP contribution < -0.4 is 0 Å². The van der Waals surface area contributed by atoms with Gasteiger partial charge in [-0.3, -0.25) is 9.59 Å². The molecule has 0 spiro atoms. The molecule has 4 heteroatoms. The van der Waals surface area contributed by atoms with Gasteiger partial charge in [0.05, 0.1) is 5.56 Å². The first-order chi connectivity index (χ1) is 12.7. The molecule has 1 aromatic rings. The fourth-order valence-electron chi connectivity index (χ4n) is 6.63. The van der Waals surface area contributed by atoms with Gasteiger partial charge in [-0.15, -0.1) is 0 Å². The summed E-state index contributed by atoms with van der Waals surface area (Å²) in [5, 5.41) is 10.3. The van der Waals surface area contributed by atoms with Crippen LogP contribution in [0.4, 0.5) is 0 Å². The molecule has 2 saturated carbocycles. The Bertz CT molecular complexity index is 798. The Labute approximate surface area is 161 Å². The zero-order chi connectivity index (χ0) is 19.5. The predicted octanol–water partition coefficient (Wildman–Crippen LogP) is 4.63. The van der Waals surface area contributed by atoms with Crippen LogP contribution in [0.1, 0.15) is 80.8 Å². The number of rotatable bonds is 2. The van der Waals surface area contributed by atoms with Gasteiger partial charge < -0.3 is 9.84 Å². The van der Waals surface area contributed by atoms with Gasteiger partial charge in [0.1, 0.15) is 11.9 Å². The average Bonchev–Trinajstić information content (AvgIpc) is 2.90. The average molecular weight is 370 g/mol. The Kier molecular flexibility index (Phi) is 4.36. The zero-order valence-electron chi connectivity index (χ0n) is 16.7. The van der Waals surface area contributed by atoms with E-state index in [1.807, 2.05) is 12.1 Å². The lowest BCUT2D eigenvalue weighted by Crippen LogP contribution is -2.47. The van der Waals surface area contributed by atoms with Crippen LogP contribution in [-0.2, 0) is 16.0 Å². The Morgan fingerprint density at radius 2 is 1.93 bits per heavy atom. The highest BCUT2D eigenvalue weighted by Crippen LogP contribution is 2.62. The van der Waals surface area contributed by atoms with Gasteiger partial charge in [0.25, 0.3) is 0 Å². The number of hydrogen-bond donors (Lipinski definition) is 1. The highest BCUT2D eigenvalue weighted by Gasteiger charge is 2.57. The van der Waals surface area contributed by atoms with Crippen LogP contribution in [0.5, 0.6) is 5.75 Å².